The van der Waals surface area contributed by atoms with E-state index in [1.807, 2.05) is 6.92 Å². The van der Waals surface area contributed by atoms with Crippen molar-refractivity contribution in [3.05, 3.63) is 23.8 Å². The summed E-state index contributed by atoms with van der Waals surface area (Å²) in [5.74, 6) is 0.126. The van der Waals surface area contributed by atoms with Crippen molar-refractivity contribution >= 4 is 11.7 Å². The Morgan fingerprint density at radius 1 is 1.47 bits per heavy atom. The van der Waals surface area contributed by atoms with Crippen molar-refractivity contribution in [3.8, 4) is 5.75 Å². The molecule has 82 valence electrons. The van der Waals surface area contributed by atoms with Gasteiger partial charge < -0.3 is 21.5 Å². The molecule has 1 aromatic rings. The van der Waals surface area contributed by atoms with Crippen LogP contribution in [0, 0.1) is 0 Å². The summed E-state index contributed by atoms with van der Waals surface area (Å²) < 4.78 is 0. The second-order valence-electron chi connectivity index (χ2n) is 3.10. The van der Waals surface area contributed by atoms with E-state index in [4.69, 9.17) is 5.73 Å². The first-order valence-electron chi connectivity index (χ1n) is 4.72. The first kappa shape index (κ1) is 11.2. The Morgan fingerprint density at radius 2 is 2.20 bits per heavy atom. The minimum Gasteiger partial charge on any atom is -0.508 e. The number of phenolic OH excluding ortho intramolecular Hbond substituents is 1. The molecule has 0 unspecified atom stereocenters. The lowest BCUT2D eigenvalue weighted by molar-refractivity contribution is 0.241. The molecule has 5 N–H and O–H groups in total. The average Bonchev–Trinajstić information content (AvgIpc) is 2.20. The molecule has 15 heavy (non-hydrogen) atoms. The number of carbonyl (C=O) groups is 1. The Labute approximate surface area is 88.3 Å². The predicted molar refractivity (Wildman–Crippen MR) is 58.4 cm³/mol. The van der Waals surface area contributed by atoms with Crippen molar-refractivity contribution in [3.63, 3.8) is 0 Å². The van der Waals surface area contributed by atoms with Crippen LogP contribution in [-0.2, 0) is 6.54 Å². The first-order valence-corrected chi connectivity index (χ1v) is 4.72. The Hall–Kier alpha value is -1.91. The van der Waals surface area contributed by atoms with Gasteiger partial charge in [0.05, 0.1) is 0 Å². The maximum atomic E-state index is 11.1. The normalized spacial score (nSPS) is 9.67. The fraction of sp³-hybridized carbons (Fsp3) is 0.300. The topological polar surface area (TPSA) is 87.4 Å². The summed E-state index contributed by atoms with van der Waals surface area (Å²) in [6, 6.07) is 4.47. The maximum Gasteiger partial charge on any atom is 0.315 e. The molecule has 0 aliphatic heterocycles. The van der Waals surface area contributed by atoms with Gasteiger partial charge in [-0.3, -0.25) is 0 Å². The molecule has 0 aliphatic rings. The van der Waals surface area contributed by atoms with Gasteiger partial charge in [-0.1, -0.05) is 0 Å². The summed E-state index contributed by atoms with van der Waals surface area (Å²) in [5, 5.41) is 14.6. The van der Waals surface area contributed by atoms with E-state index in [2.05, 4.69) is 10.6 Å². The number of benzene rings is 1. The van der Waals surface area contributed by atoms with Crippen molar-refractivity contribution in [2.24, 2.45) is 0 Å². The zero-order chi connectivity index (χ0) is 11.3. The summed E-state index contributed by atoms with van der Waals surface area (Å²) in [4.78, 5) is 11.1. The number of nitrogens with two attached hydrogens (primary N) is 1. The van der Waals surface area contributed by atoms with Crippen LogP contribution in [-0.4, -0.2) is 17.7 Å². The number of nitrogen functional groups attached to an aromatic ring is 1. The number of phenols is 1. The van der Waals surface area contributed by atoms with Gasteiger partial charge in [0.2, 0.25) is 0 Å². The highest BCUT2D eigenvalue weighted by molar-refractivity contribution is 5.73. The Bertz CT molecular complexity index is 353. The van der Waals surface area contributed by atoms with Crippen molar-refractivity contribution in [1.82, 2.24) is 10.6 Å². The Balaban J connectivity index is 2.57. The molecule has 5 heteroatoms. The second-order valence-corrected chi connectivity index (χ2v) is 3.10. The lowest BCUT2D eigenvalue weighted by Gasteiger charge is -2.08. The quantitative estimate of drug-likeness (QED) is 0.438. The van der Waals surface area contributed by atoms with Crippen LogP contribution in [0.2, 0.25) is 0 Å². The van der Waals surface area contributed by atoms with Crippen molar-refractivity contribution < 1.29 is 9.90 Å². The zero-order valence-electron chi connectivity index (χ0n) is 8.58. The van der Waals surface area contributed by atoms with Crippen molar-refractivity contribution in [2.45, 2.75) is 13.5 Å². The van der Waals surface area contributed by atoms with Crippen LogP contribution in [0.3, 0.4) is 0 Å². The van der Waals surface area contributed by atoms with E-state index in [0.29, 0.717) is 17.8 Å². The van der Waals surface area contributed by atoms with E-state index in [-0.39, 0.29) is 18.3 Å². The van der Waals surface area contributed by atoms with Crippen LogP contribution in [0.5, 0.6) is 5.75 Å². The fourth-order valence-corrected chi connectivity index (χ4v) is 1.15. The number of rotatable bonds is 3. The third kappa shape index (κ3) is 3.38. The van der Waals surface area contributed by atoms with Gasteiger partial charge in [-0.05, 0) is 25.1 Å². The summed E-state index contributed by atoms with van der Waals surface area (Å²) in [6.45, 7) is 2.65. The van der Waals surface area contributed by atoms with Crippen LogP contribution in [0.15, 0.2) is 18.2 Å². The van der Waals surface area contributed by atoms with Gasteiger partial charge >= 0.3 is 6.03 Å². The fourth-order valence-electron chi connectivity index (χ4n) is 1.15. The number of hydrogen-bond acceptors (Lipinski definition) is 3. The van der Waals surface area contributed by atoms with Crippen LogP contribution in [0.25, 0.3) is 0 Å². The Morgan fingerprint density at radius 3 is 2.87 bits per heavy atom. The summed E-state index contributed by atoms with van der Waals surface area (Å²) in [7, 11) is 0. The molecular weight excluding hydrogens is 194 g/mol. The standard InChI is InChI=1S/C10H15N3O2/c1-2-12-10(15)13-6-7-5-8(11)3-4-9(7)14/h3-5,14H,2,6,11H2,1H3,(H2,12,13,15). The lowest BCUT2D eigenvalue weighted by Crippen LogP contribution is -2.34. The summed E-state index contributed by atoms with van der Waals surface area (Å²) >= 11 is 0. The highest BCUT2D eigenvalue weighted by Gasteiger charge is 2.03. The van der Waals surface area contributed by atoms with Gasteiger partial charge in [0.1, 0.15) is 5.75 Å². The predicted octanol–water partition coefficient (Wildman–Crippen LogP) is 0.793. The van der Waals surface area contributed by atoms with Gasteiger partial charge in [0.25, 0.3) is 0 Å². The maximum absolute atomic E-state index is 11.1. The highest BCUT2D eigenvalue weighted by Crippen LogP contribution is 2.19. The minimum absolute atomic E-state index is 0.126. The molecule has 0 aromatic heterocycles. The van der Waals surface area contributed by atoms with E-state index in [9.17, 15) is 9.90 Å². The lowest BCUT2D eigenvalue weighted by atomic mass is 10.2. The number of hydrogen-bond donors (Lipinski definition) is 4. The first-order chi connectivity index (χ1) is 7.13. The van der Waals surface area contributed by atoms with Crippen LogP contribution >= 0.6 is 0 Å². The molecule has 5 nitrogen and oxygen atoms in total. The van der Waals surface area contributed by atoms with Gasteiger partial charge in [-0.2, -0.15) is 0 Å². The molecule has 0 saturated carbocycles. The molecule has 0 fully saturated rings. The third-order valence-corrected chi connectivity index (χ3v) is 1.88. The van der Waals surface area contributed by atoms with Gasteiger partial charge in [-0.25, -0.2) is 4.79 Å². The van der Waals surface area contributed by atoms with Gasteiger partial charge in [0, 0.05) is 24.3 Å². The SMILES string of the molecule is CCNC(=O)NCc1cc(N)ccc1O. The zero-order valence-corrected chi connectivity index (χ0v) is 8.58. The number of nitrogens with one attached hydrogen (secondary N) is 2. The smallest absolute Gasteiger partial charge is 0.315 e. The van der Waals surface area contributed by atoms with E-state index in [1.165, 1.54) is 6.07 Å². The third-order valence-electron chi connectivity index (χ3n) is 1.88. The largest absolute Gasteiger partial charge is 0.508 e. The van der Waals surface area contributed by atoms with E-state index < -0.39 is 0 Å². The molecule has 0 bridgehead atoms. The van der Waals surface area contributed by atoms with E-state index in [0.717, 1.165) is 0 Å². The Kier molecular flexibility index (Phi) is 3.79. The number of carbonyl (C=O) groups excluding carboxylic acids is 1. The number of aromatic hydroxyl groups is 1. The summed E-state index contributed by atoms with van der Waals surface area (Å²) in [5.41, 5.74) is 6.71. The molecule has 0 radical (unpaired) electrons. The molecule has 1 aromatic carbocycles. The van der Waals surface area contributed by atoms with Gasteiger partial charge in [0.15, 0.2) is 0 Å². The second kappa shape index (κ2) is 5.09. The molecule has 0 aliphatic carbocycles. The monoisotopic (exact) mass is 209 g/mol. The van der Waals surface area contributed by atoms with Crippen molar-refractivity contribution in [1.29, 1.82) is 0 Å². The van der Waals surface area contributed by atoms with Crippen LogP contribution in [0.4, 0.5) is 10.5 Å². The molecule has 0 saturated heterocycles. The van der Waals surface area contributed by atoms with Crippen LogP contribution < -0.4 is 16.4 Å². The minimum atomic E-state index is -0.265. The van der Waals surface area contributed by atoms with Gasteiger partial charge in [-0.15, -0.1) is 0 Å². The number of amides is 2. The molecule has 2 amide bonds. The highest BCUT2D eigenvalue weighted by atomic mass is 16.3. The number of urea groups is 1. The van der Waals surface area contributed by atoms with E-state index in [1.54, 1.807) is 12.1 Å². The molecular formula is C10H15N3O2. The molecule has 1 rings (SSSR count). The molecule has 0 spiro atoms. The van der Waals surface area contributed by atoms with Crippen molar-refractivity contribution in [2.75, 3.05) is 12.3 Å². The average molecular weight is 209 g/mol. The van der Waals surface area contributed by atoms with Crippen LogP contribution in [0.1, 0.15) is 12.5 Å². The summed E-state index contributed by atoms with van der Waals surface area (Å²) in [6.07, 6.45) is 0. The molecule has 0 atom stereocenters. The van der Waals surface area contributed by atoms with E-state index >= 15 is 0 Å². The number of anilines is 1. The molecule has 0 heterocycles.